The van der Waals surface area contributed by atoms with E-state index in [4.69, 9.17) is 5.26 Å². The van der Waals surface area contributed by atoms with Crippen molar-refractivity contribution in [1.29, 1.82) is 5.26 Å². The number of hydrogen-bond acceptors (Lipinski definition) is 4. The molecule has 4 nitrogen and oxygen atoms in total. The zero-order valence-corrected chi connectivity index (χ0v) is 11.1. The van der Waals surface area contributed by atoms with Gasteiger partial charge in [-0.25, -0.2) is 4.98 Å². The van der Waals surface area contributed by atoms with Gasteiger partial charge < -0.3 is 9.80 Å². The molecule has 1 heterocycles. The highest BCUT2D eigenvalue weighted by Crippen LogP contribution is 2.31. The van der Waals surface area contributed by atoms with E-state index in [9.17, 15) is 0 Å². The quantitative estimate of drug-likeness (QED) is 0.807. The predicted molar refractivity (Wildman–Crippen MR) is 75.1 cm³/mol. The van der Waals surface area contributed by atoms with E-state index in [-0.39, 0.29) is 0 Å². The van der Waals surface area contributed by atoms with E-state index < -0.39 is 0 Å². The number of anilines is 2. The van der Waals surface area contributed by atoms with Crippen LogP contribution in [-0.4, -0.2) is 33.2 Å². The third-order valence-corrected chi connectivity index (χ3v) is 2.87. The molecule has 0 spiro atoms. The Kier molecular flexibility index (Phi) is 3.07. The van der Waals surface area contributed by atoms with Crippen LogP contribution in [0.15, 0.2) is 24.3 Å². The number of nitrogens with zero attached hydrogens (tertiary/aromatic N) is 4. The van der Waals surface area contributed by atoms with Gasteiger partial charge in [-0.15, -0.1) is 0 Å². The molecule has 92 valence electrons. The SMILES string of the molecule is CN(C)c1cc(C#N)nc2c(N(C)C)cccc12. The number of pyridine rings is 1. The Balaban J connectivity index is 2.87. The van der Waals surface area contributed by atoms with Crippen molar-refractivity contribution < 1.29 is 0 Å². The standard InChI is InChI=1S/C14H16N4/c1-17(2)12-7-5-6-11-13(18(3)4)8-10(9-15)16-14(11)12/h5-8H,1-4H3. The molecule has 0 N–H and O–H groups in total. The number of rotatable bonds is 2. The first kappa shape index (κ1) is 12.2. The molecule has 4 heteroatoms. The van der Waals surface area contributed by atoms with Crippen molar-refractivity contribution in [2.24, 2.45) is 0 Å². The van der Waals surface area contributed by atoms with Gasteiger partial charge in [0, 0.05) is 39.3 Å². The minimum Gasteiger partial charge on any atom is -0.377 e. The van der Waals surface area contributed by atoms with Crippen LogP contribution < -0.4 is 9.80 Å². The monoisotopic (exact) mass is 240 g/mol. The zero-order chi connectivity index (χ0) is 13.3. The molecular weight excluding hydrogens is 224 g/mol. The van der Waals surface area contributed by atoms with Crippen LogP contribution in [0.1, 0.15) is 5.69 Å². The van der Waals surface area contributed by atoms with Crippen molar-refractivity contribution in [3.63, 3.8) is 0 Å². The Morgan fingerprint density at radius 3 is 2.28 bits per heavy atom. The van der Waals surface area contributed by atoms with Gasteiger partial charge in [-0.1, -0.05) is 12.1 Å². The van der Waals surface area contributed by atoms with Crippen molar-refractivity contribution in [2.45, 2.75) is 0 Å². The Morgan fingerprint density at radius 1 is 1.06 bits per heavy atom. The summed E-state index contributed by atoms with van der Waals surface area (Å²) in [4.78, 5) is 8.44. The number of benzene rings is 1. The second kappa shape index (κ2) is 4.53. The molecule has 0 saturated carbocycles. The van der Waals surface area contributed by atoms with E-state index in [1.165, 1.54) is 0 Å². The molecule has 1 aromatic heterocycles. The largest absolute Gasteiger partial charge is 0.377 e. The average molecular weight is 240 g/mol. The topological polar surface area (TPSA) is 43.2 Å². The highest BCUT2D eigenvalue weighted by Gasteiger charge is 2.11. The molecular formula is C14H16N4. The predicted octanol–water partition coefficient (Wildman–Crippen LogP) is 2.24. The number of para-hydroxylation sites is 1. The second-order valence-corrected chi connectivity index (χ2v) is 4.60. The van der Waals surface area contributed by atoms with Crippen LogP contribution in [0.3, 0.4) is 0 Å². The molecule has 0 unspecified atom stereocenters. The van der Waals surface area contributed by atoms with Crippen LogP contribution in [0.4, 0.5) is 11.4 Å². The zero-order valence-electron chi connectivity index (χ0n) is 11.1. The number of nitriles is 1. The Bertz CT molecular complexity index is 623. The van der Waals surface area contributed by atoms with E-state index in [1.54, 1.807) is 0 Å². The van der Waals surface area contributed by atoms with E-state index in [2.05, 4.69) is 11.1 Å². The minimum absolute atomic E-state index is 0.445. The normalized spacial score (nSPS) is 10.2. The van der Waals surface area contributed by atoms with E-state index in [0.717, 1.165) is 22.3 Å². The van der Waals surface area contributed by atoms with Gasteiger partial charge in [-0.2, -0.15) is 5.26 Å². The summed E-state index contributed by atoms with van der Waals surface area (Å²) >= 11 is 0. The molecule has 0 amide bonds. The van der Waals surface area contributed by atoms with E-state index in [0.29, 0.717) is 5.69 Å². The van der Waals surface area contributed by atoms with Gasteiger partial charge in [0.2, 0.25) is 0 Å². The molecule has 2 aromatic rings. The molecule has 0 aliphatic carbocycles. The fourth-order valence-electron chi connectivity index (χ4n) is 2.00. The van der Waals surface area contributed by atoms with Crippen LogP contribution in [0.25, 0.3) is 10.9 Å². The smallest absolute Gasteiger partial charge is 0.143 e. The highest BCUT2D eigenvalue weighted by atomic mass is 15.1. The average Bonchev–Trinajstić information content (AvgIpc) is 2.36. The number of hydrogen-bond donors (Lipinski definition) is 0. The van der Waals surface area contributed by atoms with Crippen molar-refractivity contribution in [2.75, 3.05) is 38.0 Å². The van der Waals surface area contributed by atoms with Crippen LogP contribution in [0.5, 0.6) is 0 Å². The Labute approximate surface area is 107 Å². The first-order chi connectivity index (χ1) is 8.54. The summed E-state index contributed by atoms with van der Waals surface area (Å²) in [5.41, 5.74) is 3.35. The molecule has 0 aliphatic heterocycles. The fraction of sp³-hybridized carbons (Fsp3) is 0.286. The van der Waals surface area contributed by atoms with Gasteiger partial charge >= 0.3 is 0 Å². The second-order valence-electron chi connectivity index (χ2n) is 4.60. The maximum Gasteiger partial charge on any atom is 0.143 e. The molecule has 0 atom stereocenters. The third-order valence-electron chi connectivity index (χ3n) is 2.87. The highest BCUT2D eigenvalue weighted by molar-refractivity contribution is 5.99. The van der Waals surface area contributed by atoms with Crippen molar-refractivity contribution >= 4 is 22.3 Å². The summed E-state index contributed by atoms with van der Waals surface area (Å²) in [7, 11) is 7.90. The summed E-state index contributed by atoms with van der Waals surface area (Å²) < 4.78 is 0. The van der Waals surface area contributed by atoms with Gasteiger partial charge in [-0.05, 0) is 12.1 Å². The molecule has 0 radical (unpaired) electrons. The Hall–Kier alpha value is -2.28. The summed E-state index contributed by atoms with van der Waals surface area (Å²) in [6.45, 7) is 0. The van der Waals surface area contributed by atoms with Crippen molar-refractivity contribution in [3.8, 4) is 6.07 Å². The van der Waals surface area contributed by atoms with Gasteiger partial charge in [0.05, 0.1) is 11.2 Å². The molecule has 0 aliphatic rings. The first-order valence-electron chi connectivity index (χ1n) is 5.73. The molecule has 1 aromatic carbocycles. The maximum atomic E-state index is 9.09. The molecule has 0 fully saturated rings. The number of fused-ring (bicyclic) bond motifs is 1. The van der Waals surface area contributed by atoms with Crippen molar-refractivity contribution in [3.05, 3.63) is 30.0 Å². The van der Waals surface area contributed by atoms with Crippen LogP contribution in [0, 0.1) is 11.3 Å². The molecule has 2 rings (SSSR count). The van der Waals surface area contributed by atoms with Crippen LogP contribution >= 0.6 is 0 Å². The van der Waals surface area contributed by atoms with E-state index >= 15 is 0 Å². The molecule has 18 heavy (non-hydrogen) atoms. The summed E-state index contributed by atoms with van der Waals surface area (Å²) in [5, 5.41) is 10.1. The summed E-state index contributed by atoms with van der Waals surface area (Å²) in [5.74, 6) is 0. The first-order valence-corrected chi connectivity index (χ1v) is 5.73. The van der Waals surface area contributed by atoms with Gasteiger partial charge in [0.15, 0.2) is 0 Å². The maximum absolute atomic E-state index is 9.09. The summed E-state index contributed by atoms with van der Waals surface area (Å²) in [6.07, 6.45) is 0. The molecule has 0 bridgehead atoms. The lowest BCUT2D eigenvalue weighted by molar-refractivity contribution is 1.12. The van der Waals surface area contributed by atoms with Gasteiger partial charge in [0.25, 0.3) is 0 Å². The van der Waals surface area contributed by atoms with Gasteiger partial charge in [0.1, 0.15) is 11.8 Å². The minimum atomic E-state index is 0.445. The van der Waals surface area contributed by atoms with Crippen molar-refractivity contribution in [1.82, 2.24) is 4.98 Å². The Morgan fingerprint density at radius 2 is 1.72 bits per heavy atom. The fourth-order valence-corrected chi connectivity index (χ4v) is 2.00. The van der Waals surface area contributed by atoms with Crippen LogP contribution in [0.2, 0.25) is 0 Å². The van der Waals surface area contributed by atoms with E-state index in [1.807, 2.05) is 62.3 Å². The third kappa shape index (κ3) is 1.95. The lowest BCUT2D eigenvalue weighted by atomic mass is 10.1. The van der Waals surface area contributed by atoms with Crippen LogP contribution in [-0.2, 0) is 0 Å². The molecule has 0 saturated heterocycles. The van der Waals surface area contributed by atoms with Gasteiger partial charge in [-0.3, -0.25) is 0 Å². The summed E-state index contributed by atoms with van der Waals surface area (Å²) in [6, 6.07) is 10.0. The number of aromatic nitrogens is 1. The lowest BCUT2D eigenvalue weighted by Crippen LogP contribution is -2.13. The lowest BCUT2D eigenvalue weighted by Gasteiger charge is -2.19.